The lowest BCUT2D eigenvalue weighted by Crippen LogP contribution is -2.11. The van der Waals surface area contributed by atoms with Crippen LogP contribution in [0.1, 0.15) is 27.2 Å². The normalized spacial score (nSPS) is 12.5. The highest BCUT2D eigenvalue weighted by Crippen LogP contribution is 2.30. The van der Waals surface area contributed by atoms with Crippen molar-refractivity contribution >= 4 is 23.1 Å². The molecule has 1 aromatic carbocycles. The number of hydrogen-bond donors (Lipinski definition) is 2. The maximum Gasteiger partial charge on any atom is 0.144 e. The van der Waals surface area contributed by atoms with E-state index in [4.69, 9.17) is 10.5 Å². The molecule has 1 rings (SSSR count). The molecule has 0 amide bonds. The Balaban J connectivity index is 2.60. The Hall–Kier alpha value is -1.03. The molecule has 0 radical (unpaired) electrons. The van der Waals surface area contributed by atoms with Gasteiger partial charge in [-0.15, -0.1) is 0 Å². The number of nitrogen functional groups attached to an aromatic ring is 1. The summed E-state index contributed by atoms with van der Waals surface area (Å²) in [5, 5.41) is 4.03. The molecule has 0 aliphatic carbocycles. The summed E-state index contributed by atoms with van der Waals surface area (Å²) in [5.41, 5.74) is 7.75. The van der Waals surface area contributed by atoms with Crippen molar-refractivity contribution in [2.24, 2.45) is 0 Å². The van der Waals surface area contributed by atoms with Gasteiger partial charge < -0.3 is 15.8 Å². The molecule has 0 fully saturated rings. The second-order valence-corrected chi connectivity index (χ2v) is 5.92. The highest BCUT2D eigenvalue weighted by molar-refractivity contribution is 7.99. The minimum atomic E-state index is 0.138. The second-order valence-electron chi connectivity index (χ2n) is 4.65. The molecule has 0 saturated carbocycles. The number of rotatable bonds is 7. The zero-order valence-electron chi connectivity index (χ0n) is 11.7. The first kappa shape index (κ1) is 15.0. The largest absolute Gasteiger partial charge is 0.489 e. The Morgan fingerprint density at radius 1 is 1.33 bits per heavy atom. The summed E-state index contributed by atoms with van der Waals surface area (Å²) in [6.07, 6.45) is 3.39. The Morgan fingerprint density at radius 2 is 2.06 bits per heavy atom. The number of hydrogen-bond acceptors (Lipinski definition) is 4. The Bertz CT molecular complexity index is 369. The maximum absolute atomic E-state index is 6.09. The average molecular weight is 268 g/mol. The van der Waals surface area contributed by atoms with Gasteiger partial charge >= 0.3 is 0 Å². The van der Waals surface area contributed by atoms with E-state index in [-0.39, 0.29) is 6.10 Å². The summed E-state index contributed by atoms with van der Waals surface area (Å²) < 4.78 is 5.67. The molecule has 0 spiro atoms. The van der Waals surface area contributed by atoms with Crippen molar-refractivity contribution in [2.45, 2.75) is 38.5 Å². The Labute approximate surface area is 114 Å². The van der Waals surface area contributed by atoms with Gasteiger partial charge in [0.2, 0.25) is 0 Å². The van der Waals surface area contributed by atoms with Gasteiger partial charge in [-0.25, -0.2) is 0 Å². The van der Waals surface area contributed by atoms with Crippen LogP contribution in [0.15, 0.2) is 18.2 Å². The predicted molar refractivity (Wildman–Crippen MR) is 82.7 cm³/mol. The lowest BCUT2D eigenvalue weighted by Gasteiger charge is -2.16. The minimum Gasteiger partial charge on any atom is -0.489 e. The summed E-state index contributed by atoms with van der Waals surface area (Å²) in [7, 11) is 0. The van der Waals surface area contributed by atoms with E-state index < -0.39 is 0 Å². The fourth-order valence-electron chi connectivity index (χ4n) is 1.58. The van der Waals surface area contributed by atoms with E-state index >= 15 is 0 Å². The van der Waals surface area contributed by atoms with Crippen LogP contribution >= 0.6 is 11.8 Å². The van der Waals surface area contributed by atoms with Crippen molar-refractivity contribution in [3.8, 4) is 5.75 Å². The van der Waals surface area contributed by atoms with E-state index in [1.54, 1.807) is 0 Å². The van der Waals surface area contributed by atoms with Crippen molar-refractivity contribution in [3.63, 3.8) is 0 Å². The van der Waals surface area contributed by atoms with Gasteiger partial charge in [-0.2, -0.15) is 11.8 Å². The summed E-state index contributed by atoms with van der Waals surface area (Å²) in [6, 6.07) is 5.87. The molecule has 0 aliphatic rings. The third-order valence-corrected chi connectivity index (χ3v) is 3.74. The van der Waals surface area contributed by atoms with Crippen LogP contribution in [0.2, 0.25) is 0 Å². The van der Waals surface area contributed by atoms with Crippen LogP contribution in [0.25, 0.3) is 0 Å². The monoisotopic (exact) mass is 268 g/mol. The molecule has 0 heterocycles. The van der Waals surface area contributed by atoms with Crippen LogP contribution in [-0.2, 0) is 0 Å². The van der Waals surface area contributed by atoms with Gasteiger partial charge in [-0.1, -0.05) is 13.0 Å². The third-order valence-electron chi connectivity index (χ3n) is 2.70. The van der Waals surface area contributed by atoms with Crippen molar-refractivity contribution in [1.82, 2.24) is 0 Å². The molecule has 18 heavy (non-hydrogen) atoms. The zero-order chi connectivity index (χ0) is 13.5. The first-order valence-electron chi connectivity index (χ1n) is 6.36. The molecule has 3 nitrogen and oxygen atoms in total. The topological polar surface area (TPSA) is 47.3 Å². The summed E-state index contributed by atoms with van der Waals surface area (Å²) in [6.45, 7) is 7.16. The number of ether oxygens (including phenoxy) is 1. The van der Waals surface area contributed by atoms with E-state index in [2.05, 4.69) is 18.5 Å². The summed E-state index contributed by atoms with van der Waals surface area (Å²) in [5.74, 6) is 0.757. The highest BCUT2D eigenvalue weighted by atomic mass is 32.2. The van der Waals surface area contributed by atoms with Gasteiger partial charge in [0.25, 0.3) is 0 Å². The Kier molecular flexibility index (Phi) is 6.19. The van der Waals surface area contributed by atoms with Gasteiger partial charge in [0.15, 0.2) is 0 Å². The van der Waals surface area contributed by atoms with Crippen molar-refractivity contribution in [3.05, 3.63) is 18.2 Å². The molecule has 0 aromatic heterocycles. The van der Waals surface area contributed by atoms with Gasteiger partial charge in [0.1, 0.15) is 5.75 Å². The van der Waals surface area contributed by atoms with E-state index in [0.29, 0.717) is 10.9 Å². The van der Waals surface area contributed by atoms with Gasteiger partial charge in [0.05, 0.1) is 17.5 Å². The first-order chi connectivity index (χ1) is 8.54. The van der Waals surface area contributed by atoms with E-state index in [1.807, 2.05) is 43.8 Å². The molecule has 4 heteroatoms. The van der Waals surface area contributed by atoms with Crippen LogP contribution in [0, 0.1) is 0 Å². The SMILES string of the molecule is CSC(C)CCNc1cccc(OC(C)C)c1N. The number of para-hydroxylation sites is 1. The van der Waals surface area contributed by atoms with Crippen LogP contribution < -0.4 is 15.8 Å². The van der Waals surface area contributed by atoms with E-state index in [1.165, 1.54) is 0 Å². The van der Waals surface area contributed by atoms with E-state index in [9.17, 15) is 0 Å². The maximum atomic E-state index is 6.09. The summed E-state index contributed by atoms with van der Waals surface area (Å²) >= 11 is 1.88. The highest BCUT2D eigenvalue weighted by Gasteiger charge is 2.07. The lowest BCUT2D eigenvalue weighted by molar-refractivity contribution is 0.244. The number of nitrogens with one attached hydrogen (secondary N) is 1. The average Bonchev–Trinajstić information content (AvgIpc) is 2.33. The van der Waals surface area contributed by atoms with Crippen molar-refractivity contribution in [1.29, 1.82) is 0 Å². The number of anilines is 2. The second kappa shape index (κ2) is 7.41. The molecule has 0 saturated heterocycles. The van der Waals surface area contributed by atoms with Crippen molar-refractivity contribution < 1.29 is 4.74 Å². The fourth-order valence-corrected chi connectivity index (χ4v) is 1.94. The molecule has 1 atom stereocenters. The van der Waals surface area contributed by atoms with Crippen LogP contribution in [-0.4, -0.2) is 24.2 Å². The zero-order valence-corrected chi connectivity index (χ0v) is 12.5. The van der Waals surface area contributed by atoms with Crippen LogP contribution in [0.5, 0.6) is 5.75 Å². The van der Waals surface area contributed by atoms with Crippen molar-refractivity contribution in [2.75, 3.05) is 23.9 Å². The first-order valence-corrected chi connectivity index (χ1v) is 7.65. The Morgan fingerprint density at radius 3 is 2.67 bits per heavy atom. The molecule has 3 N–H and O–H groups in total. The standard InChI is InChI=1S/C14H24N2OS/c1-10(2)17-13-7-5-6-12(14(13)15)16-9-8-11(3)18-4/h5-7,10-11,16H,8-9,15H2,1-4H3. The van der Waals surface area contributed by atoms with Crippen LogP contribution in [0.3, 0.4) is 0 Å². The van der Waals surface area contributed by atoms with Gasteiger partial charge in [-0.05, 0) is 38.7 Å². The smallest absolute Gasteiger partial charge is 0.144 e. The lowest BCUT2D eigenvalue weighted by atomic mass is 10.2. The molecule has 0 aliphatic heterocycles. The number of benzene rings is 1. The molecule has 102 valence electrons. The molecule has 0 bridgehead atoms. The fraction of sp³-hybridized carbons (Fsp3) is 0.571. The van der Waals surface area contributed by atoms with Gasteiger partial charge in [-0.3, -0.25) is 0 Å². The molecule has 1 aromatic rings. The quantitative estimate of drug-likeness (QED) is 0.742. The predicted octanol–water partition coefficient (Wildman–Crippen LogP) is 3.61. The number of thioether (sulfide) groups is 1. The third kappa shape index (κ3) is 4.69. The number of nitrogens with two attached hydrogens (primary N) is 1. The van der Waals surface area contributed by atoms with E-state index in [0.717, 1.165) is 24.4 Å². The van der Waals surface area contributed by atoms with Crippen LogP contribution in [0.4, 0.5) is 11.4 Å². The molecule has 1 unspecified atom stereocenters. The molecular weight excluding hydrogens is 244 g/mol. The van der Waals surface area contributed by atoms with Gasteiger partial charge in [0, 0.05) is 11.8 Å². The minimum absolute atomic E-state index is 0.138. The molecular formula is C14H24N2OS. The summed E-state index contributed by atoms with van der Waals surface area (Å²) in [4.78, 5) is 0.